The van der Waals surface area contributed by atoms with Crippen LogP contribution in [0.25, 0.3) is 0 Å². The minimum Gasteiger partial charge on any atom is -0.445 e. The summed E-state index contributed by atoms with van der Waals surface area (Å²) in [5, 5.41) is 6.67. The molecule has 1 aromatic rings. The molecule has 0 unspecified atom stereocenters. The third kappa shape index (κ3) is 10.1. The number of ether oxygens (including phenoxy) is 1. The number of rotatable bonds is 10. The summed E-state index contributed by atoms with van der Waals surface area (Å²) in [4.78, 5) is 66.5. The number of amides is 4. The van der Waals surface area contributed by atoms with Gasteiger partial charge in [-0.25, -0.2) is 4.79 Å². The maximum absolute atomic E-state index is 11.9. The van der Waals surface area contributed by atoms with Crippen LogP contribution in [0.15, 0.2) is 30.3 Å². The van der Waals surface area contributed by atoms with Crippen molar-refractivity contribution in [3.8, 4) is 0 Å². The summed E-state index contributed by atoms with van der Waals surface area (Å²) < 4.78 is 16.1. The molecule has 13 heteroatoms. The van der Waals surface area contributed by atoms with Gasteiger partial charge in [-0.1, -0.05) is 30.3 Å². The topological polar surface area (TPSA) is 174 Å². The van der Waals surface area contributed by atoms with Crippen LogP contribution in [0.3, 0.4) is 0 Å². The number of carbonyl (C=O) groups is 4. The van der Waals surface area contributed by atoms with Gasteiger partial charge in [0.05, 0.1) is 6.54 Å². The smallest absolute Gasteiger partial charge is 0.410 e. The molecule has 31 heavy (non-hydrogen) atoms. The fourth-order valence-electron chi connectivity index (χ4n) is 2.12. The van der Waals surface area contributed by atoms with Crippen molar-refractivity contribution in [3.63, 3.8) is 0 Å². The van der Waals surface area contributed by atoms with Gasteiger partial charge in [0.2, 0.25) is 17.7 Å². The Balaban J connectivity index is 2.34. The maximum atomic E-state index is 11.9. The number of likely N-dealkylation sites (N-methyl/N-ethyl adjacent to an activating group) is 1. The van der Waals surface area contributed by atoms with Crippen LogP contribution >= 0.6 is 7.60 Å². The molecule has 172 valence electrons. The van der Waals surface area contributed by atoms with Crippen LogP contribution in [0, 0.1) is 0 Å². The summed E-state index contributed by atoms with van der Waals surface area (Å²) in [6, 6.07) is 7.91. The van der Waals surface area contributed by atoms with Crippen LogP contribution in [-0.2, 0) is 30.3 Å². The molecule has 0 aliphatic rings. The van der Waals surface area contributed by atoms with E-state index in [-0.39, 0.29) is 13.2 Å². The van der Waals surface area contributed by atoms with Crippen molar-refractivity contribution in [2.24, 2.45) is 0 Å². The minimum atomic E-state index is -4.50. The van der Waals surface area contributed by atoms with Crippen molar-refractivity contribution in [2.45, 2.75) is 32.3 Å². The Hall–Kier alpha value is -2.95. The van der Waals surface area contributed by atoms with E-state index in [2.05, 4.69) is 16.0 Å². The van der Waals surface area contributed by atoms with E-state index in [0.717, 1.165) is 17.4 Å². The molecule has 0 fully saturated rings. The van der Waals surface area contributed by atoms with Gasteiger partial charge in [0, 0.05) is 7.05 Å². The highest BCUT2D eigenvalue weighted by atomic mass is 31.2. The van der Waals surface area contributed by atoms with Gasteiger partial charge in [-0.3, -0.25) is 18.9 Å². The molecule has 0 heterocycles. The molecule has 0 saturated heterocycles. The summed E-state index contributed by atoms with van der Waals surface area (Å²) in [6.45, 7) is 1.69. The van der Waals surface area contributed by atoms with E-state index >= 15 is 0 Å². The summed E-state index contributed by atoms with van der Waals surface area (Å²) in [5.41, 5.74) is 0.790. The first-order valence-corrected chi connectivity index (χ1v) is 10.9. The van der Waals surface area contributed by atoms with Gasteiger partial charge in [-0.15, -0.1) is 0 Å². The number of hydrogen-bond donors (Lipinski definition) is 5. The van der Waals surface area contributed by atoms with E-state index in [0.29, 0.717) is 0 Å². The van der Waals surface area contributed by atoms with Gasteiger partial charge in [0.25, 0.3) is 0 Å². The molecule has 0 aromatic heterocycles. The number of nitrogens with one attached hydrogen (secondary N) is 3. The fraction of sp³-hybridized carbons (Fsp3) is 0.444. The molecule has 1 rings (SSSR count). The Kier molecular flexibility index (Phi) is 10.1. The van der Waals surface area contributed by atoms with Crippen LogP contribution in [0.1, 0.15) is 19.4 Å². The molecular weight excluding hydrogens is 431 g/mol. The Bertz CT molecular complexity index is 829. The van der Waals surface area contributed by atoms with Crippen molar-refractivity contribution in [3.05, 3.63) is 35.9 Å². The molecule has 0 aliphatic heterocycles. The van der Waals surface area contributed by atoms with Gasteiger partial charge in [-0.2, -0.15) is 0 Å². The second-order valence-electron chi connectivity index (χ2n) is 6.74. The zero-order chi connectivity index (χ0) is 23.6. The molecule has 1 aromatic carbocycles. The fourth-order valence-corrected chi connectivity index (χ4v) is 2.41. The van der Waals surface area contributed by atoms with Crippen LogP contribution in [0.5, 0.6) is 0 Å². The zero-order valence-corrected chi connectivity index (χ0v) is 18.3. The third-order valence-corrected chi connectivity index (χ3v) is 5.11. The molecule has 0 saturated carbocycles. The standard InChI is InChI=1S/C18H27N4O8P/c1-12(17(25)21-13(2)31(27,28)29)20-15(23)9-19-16(24)10-22(3)18(26)30-11-14-7-5-4-6-8-14/h4-8,12-13H,9-11H2,1-3H3,(H,19,24)(H,20,23)(H,21,25)(H2,27,28,29)/t12-,13+/m0/s1. The summed E-state index contributed by atoms with van der Waals surface area (Å²) in [5.74, 6) is -3.52. The molecule has 2 atom stereocenters. The summed E-state index contributed by atoms with van der Waals surface area (Å²) >= 11 is 0. The van der Waals surface area contributed by atoms with Gasteiger partial charge in [0.15, 0.2) is 0 Å². The Labute approximate surface area is 179 Å². The van der Waals surface area contributed by atoms with Crippen molar-refractivity contribution in [2.75, 3.05) is 20.1 Å². The predicted molar refractivity (Wildman–Crippen MR) is 110 cm³/mol. The SMILES string of the molecule is C[C@H](NC(=O)CNC(=O)CN(C)C(=O)OCc1ccccc1)C(=O)N[C@@H](C)P(=O)(O)O. The highest BCUT2D eigenvalue weighted by Gasteiger charge is 2.27. The summed E-state index contributed by atoms with van der Waals surface area (Å²) in [7, 11) is -3.14. The maximum Gasteiger partial charge on any atom is 0.410 e. The average molecular weight is 458 g/mol. The Morgan fingerprint density at radius 3 is 2.26 bits per heavy atom. The Morgan fingerprint density at radius 1 is 1.06 bits per heavy atom. The zero-order valence-electron chi connectivity index (χ0n) is 17.4. The number of nitrogens with zero attached hydrogens (tertiary/aromatic N) is 1. The van der Waals surface area contributed by atoms with Gasteiger partial charge in [-0.05, 0) is 19.4 Å². The quantitative estimate of drug-likeness (QED) is 0.292. The first-order chi connectivity index (χ1) is 14.4. The lowest BCUT2D eigenvalue weighted by atomic mass is 10.2. The second-order valence-corrected chi connectivity index (χ2v) is 8.69. The van der Waals surface area contributed by atoms with Crippen molar-refractivity contribution < 1.29 is 38.3 Å². The molecule has 0 bridgehead atoms. The van der Waals surface area contributed by atoms with E-state index in [4.69, 9.17) is 14.5 Å². The predicted octanol–water partition coefficient (Wildman–Crippen LogP) is -0.484. The Morgan fingerprint density at radius 2 is 1.68 bits per heavy atom. The van der Waals surface area contributed by atoms with E-state index in [1.807, 2.05) is 6.07 Å². The van der Waals surface area contributed by atoms with Gasteiger partial charge < -0.3 is 35.4 Å². The number of benzene rings is 1. The largest absolute Gasteiger partial charge is 0.445 e. The van der Waals surface area contributed by atoms with E-state index in [1.165, 1.54) is 14.0 Å². The molecular formula is C18H27N4O8P. The van der Waals surface area contributed by atoms with Crippen LogP contribution in [0.4, 0.5) is 4.79 Å². The first-order valence-electron chi connectivity index (χ1n) is 9.23. The lowest BCUT2D eigenvalue weighted by Gasteiger charge is -2.19. The van der Waals surface area contributed by atoms with Crippen LogP contribution in [-0.4, -0.2) is 70.5 Å². The molecule has 5 N–H and O–H groups in total. The van der Waals surface area contributed by atoms with Gasteiger partial charge >= 0.3 is 13.7 Å². The van der Waals surface area contributed by atoms with E-state index < -0.39 is 49.8 Å². The van der Waals surface area contributed by atoms with Crippen molar-refractivity contribution in [1.29, 1.82) is 0 Å². The van der Waals surface area contributed by atoms with E-state index in [1.54, 1.807) is 24.3 Å². The number of carbonyl (C=O) groups excluding carboxylic acids is 4. The molecule has 0 radical (unpaired) electrons. The van der Waals surface area contributed by atoms with Crippen molar-refractivity contribution in [1.82, 2.24) is 20.9 Å². The first kappa shape index (κ1) is 26.1. The van der Waals surface area contributed by atoms with Crippen LogP contribution < -0.4 is 16.0 Å². The van der Waals surface area contributed by atoms with E-state index in [9.17, 15) is 23.7 Å². The van der Waals surface area contributed by atoms with Gasteiger partial charge in [0.1, 0.15) is 25.0 Å². The van der Waals surface area contributed by atoms with Crippen molar-refractivity contribution >= 4 is 31.4 Å². The lowest BCUT2D eigenvalue weighted by molar-refractivity contribution is -0.129. The third-order valence-electron chi connectivity index (χ3n) is 3.97. The lowest BCUT2D eigenvalue weighted by Crippen LogP contribution is -2.50. The second kappa shape index (κ2) is 12.0. The minimum absolute atomic E-state index is 0.0502. The molecule has 0 spiro atoms. The molecule has 0 aliphatic carbocycles. The molecule has 4 amide bonds. The summed E-state index contributed by atoms with van der Waals surface area (Å²) in [6.07, 6.45) is -0.715. The average Bonchev–Trinajstić information content (AvgIpc) is 2.70. The normalized spacial score (nSPS) is 12.8. The van der Waals surface area contributed by atoms with Crippen LogP contribution in [0.2, 0.25) is 0 Å². The highest BCUT2D eigenvalue weighted by Crippen LogP contribution is 2.39. The number of hydrogen-bond acceptors (Lipinski definition) is 6. The monoisotopic (exact) mass is 458 g/mol. The molecule has 12 nitrogen and oxygen atoms in total. The highest BCUT2D eigenvalue weighted by molar-refractivity contribution is 7.52.